The van der Waals surface area contributed by atoms with Crippen molar-refractivity contribution in [3.8, 4) is 0 Å². The van der Waals surface area contributed by atoms with Crippen LogP contribution in [0.25, 0.3) is 0 Å². The summed E-state index contributed by atoms with van der Waals surface area (Å²) in [5.41, 5.74) is 0. The van der Waals surface area contributed by atoms with Crippen molar-refractivity contribution in [1.29, 1.82) is 0 Å². The van der Waals surface area contributed by atoms with Gasteiger partial charge in [0, 0.05) is 32.2 Å². The van der Waals surface area contributed by atoms with E-state index in [9.17, 15) is 4.79 Å². The maximum atomic E-state index is 11.7. The number of urea groups is 1. The first-order valence-electron chi connectivity index (χ1n) is 6.07. The second kappa shape index (κ2) is 4.84. The molecule has 0 radical (unpaired) electrons. The summed E-state index contributed by atoms with van der Waals surface area (Å²) in [4.78, 5) is 16.1. The largest absolute Gasteiger partial charge is 0.335 e. The number of piperazine rings is 1. The summed E-state index contributed by atoms with van der Waals surface area (Å²) in [6.45, 7) is 7.21. The van der Waals surface area contributed by atoms with Crippen LogP contribution in [-0.2, 0) is 0 Å². The van der Waals surface area contributed by atoms with Crippen molar-refractivity contribution in [3.05, 3.63) is 0 Å². The molecule has 1 aliphatic carbocycles. The Morgan fingerprint density at radius 2 is 1.93 bits per heavy atom. The van der Waals surface area contributed by atoms with Gasteiger partial charge in [-0.15, -0.1) is 0 Å². The van der Waals surface area contributed by atoms with Gasteiger partial charge in [0.15, 0.2) is 0 Å². The van der Waals surface area contributed by atoms with E-state index in [0.29, 0.717) is 6.04 Å². The minimum Gasteiger partial charge on any atom is -0.335 e. The average Bonchev–Trinajstić information content (AvgIpc) is 3.03. The van der Waals surface area contributed by atoms with Crippen LogP contribution in [0, 0.1) is 0 Å². The van der Waals surface area contributed by atoms with Gasteiger partial charge in [0.1, 0.15) is 0 Å². The van der Waals surface area contributed by atoms with Crippen LogP contribution in [0.1, 0.15) is 26.2 Å². The van der Waals surface area contributed by atoms with Crippen LogP contribution in [0.2, 0.25) is 0 Å². The van der Waals surface area contributed by atoms with Crippen molar-refractivity contribution >= 4 is 6.03 Å². The normalized spacial score (nSPS) is 22.9. The SMILES string of the molecule is CCCN1CCN(C(=O)NC2CC2)CC1. The number of amides is 2. The highest BCUT2D eigenvalue weighted by molar-refractivity contribution is 5.75. The van der Waals surface area contributed by atoms with Gasteiger partial charge >= 0.3 is 6.03 Å². The lowest BCUT2D eigenvalue weighted by Gasteiger charge is -2.34. The zero-order valence-electron chi connectivity index (χ0n) is 9.54. The van der Waals surface area contributed by atoms with E-state index >= 15 is 0 Å². The van der Waals surface area contributed by atoms with E-state index in [1.807, 2.05) is 4.90 Å². The number of carbonyl (C=O) groups is 1. The summed E-state index contributed by atoms with van der Waals surface area (Å²) in [7, 11) is 0. The van der Waals surface area contributed by atoms with Gasteiger partial charge in [0.2, 0.25) is 0 Å². The highest BCUT2D eigenvalue weighted by atomic mass is 16.2. The lowest BCUT2D eigenvalue weighted by molar-refractivity contribution is 0.139. The van der Waals surface area contributed by atoms with Crippen LogP contribution >= 0.6 is 0 Å². The van der Waals surface area contributed by atoms with E-state index in [-0.39, 0.29) is 6.03 Å². The Labute approximate surface area is 91.6 Å². The summed E-state index contributed by atoms with van der Waals surface area (Å²) >= 11 is 0. The summed E-state index contributed by atoms with van der Waals surface area (Å²) in [6, 6.07) is 0.625. The first-order valence-corrected chi connectivity index (χ1v) is 6.07. The maximum Gasteiger partial charge on any atom is 0.317 e. The molecular formula is C11H21N3O. The van der Waals surface area contributed by atoms with E-state index in [0.717, 1.165) is 32.7 Å². The van der Waals surface area contributed by atoms with E-state index < -0.39 is 0 Å². The Kier molecular flexibility index (Phi) is 3.46. The van der Waals surface area contributed by atoms with Crippen LogP contribution in [0.15, 0.2) is 0 Å². The van der Waals surface area contributed by atoms with Gasteiger partial charge < -0.3 is 10.2 Å². The quantitative estimate of drug-likeness (QED) is 0.752. The van der Waals surface area contributed by atoms with Gasteiger partial charge in [-0.1, -0.05) is 6.92 Å². The number of hydrogen-bond acceptors (Lipinski definition) is 2. The van der Waals surface area contributed by atoms with Crippen molar-refractivity contribution in [2.45, 2.75) is 32.2 Å². The highest BCUT2D eigenvalue weighted by Gasteiger charge is 2.27. The second-order valence-corrected chi connectivity index (χ2v) is 4.55. The third kappa shape index (κ3) is 3.09. The zero-order valence-corrected chi connectivity index (χ0v) is 9.54. The first-order chi connectivity index (χ1) is 7.29. The molecule has 1 saturated carbocycles. The molecule has 0 bridgehead atoms. The molecule has 4 heteroatoms. The molecule has 1 heterocycles. The number of rotatable bonds is 3. The van der Waals surface area contributed by atoms with Crippen LogP contribution in [0.4, 0.5) is 4.79 Å². The first kappa shape index (κ1) is 10.7. The molecule has 0 unspecified atom stereocenters. The van der Waals surface area contributed by atoms with Crippen molar-refractivity contribution in [1.82, 2.24) is 15.1 Å². The summed E-state index contributed by atoms with van der Waals surface area (Å²) in [5.74, 6) is 0. The number of nitrogens with one attached hydrogen (secondary N) is 1. The predicted molar refractivity (Wildman–Crippen MR) is 59.9 cm³/mol. The molecule has 0 aromatic heterocycles. The molecule has 0 aromatic carbocycles. The van der Waals surface area contributed by atoms with Crippen molar-refractivity contribution in [2.75, 3.05) is 32.7 Å². The van der Waals surface area contributed by atoms with Crippen LogP contribution < -0.4 is 5.32 Å². The molecule has 2 aliphatic rings. The van der Waals surface area contributed by atoms with Gasteiger partial charge in [-0.05, 0) is 25.8 Å². The zero-order chi connectivity index (χ0) is 10.7. The van der Waals surface area contributed by atoms with Gasteiger partial charge in [0.25, 0.3) is 0 Å². The fourth-order valence-corrected chi connectivity index (χ4v) is 1.98. The van der Waals surface area contributed by atoms with Crippen LogP contribution in [0.5, 0.6) is 0 Å². The molecule has 86 valence electrons. The fourth-order valence-electron chi connectivity index (χ4n) is 1.98. The molecule has 1 saturated heterocycles. The molecule has 0 aromatic rings. The van der Waals surface area contributed by atoms with Gasteiger partial charge in [0.05, 0.1) is 0 Å². The summed E-state index contributed by atoms with van der Waals surface area (Å²) < 4.78 is 0. The summed E-state index contributed by atoms with van der Waals surface area (Å²) in [6.07, 6.45) is 3.54. The predicted octanol–water partition coefficient (Wildman–Crippen LogP) is 0.886. The third-order valence-corrected chi connectivity index (χ3v) is 3.10. The third-order valence-electron chi connectivity index (χ3n) is 3.10. The van der Waals surface area contributed by atoms with E-state index in [4.69, 9.17) is 0 Å². The minimum atomic E-state index is 0.147. The van der Waals surface area contributed by atoms with E-state index in [1.54, 1.807) is 0 Å². The average molecular weight is 211 g/mol. The molecule has 2 fully saturated rings. The smallest absolute Gasteiger partial charge is 0.317 e. The molecule has 2 rings (SSSR count). The van der Waals surface area contributed by atoms with Crippen LogP contribution in [-0.4, -0.2) is 54.6 Å². The molecule has 4 nitrogen and oxygen atoms in total. The highest BCUT2D eigenvalue weighted by Crippen LogP contribution is 2.19. The molecule has 2 amide bonds. The van der Waals surface area contributed by atoms with E-state index in [1.165, 1.54) is 19.3 Å². The molecule has 1 aliphatic heterocycles. The van der Waals surface area contributed by atoms with Crippen molar-refractivity contribution < 1.29 is 4.79 Å². The summed E-state index contributed by atoms with van der Waals surface area (Å²) in [5, 5.41) is 3.04. The van der Waals surface area contributed by atoms with Gasteiger partial charge in [-0.25, -0.2) is 4.79 Å². The van der Waals surface area contributed by atoms with E-state index in [2.05, 4.69) is 17.1 Å². The molecular weight excluding hydrogens is 190 g/mol. The fraction of sp³-hybridized carbons (Fsp3) is 0.909. The van der Waals surface area contributed by atoms with Gasteiger partial charge in [-0.2, -0.15) is 0 Å². The molecule has 1 N–H and O–H groups in total. The lowest BCUT2D eigenvalue weighted by Crippen LogP contribution is -2.52. The second-order valence-electron chi connectivity index (χ2n) is 4.55. The Bertz CT molecular complexity index is 220. The number of nitrogens with zero attached hydrogens (tertiary/aromatic N) is 2. The topological polar surface area (TPSA) is 35.6 Å². The monoisotopic (exact) mass is 211 g/mol. The minimum absolute atomic E-state index is 0.147. The Morgan fingerprint density at radius 3 is 2.47 bits per heavy atom. The van der Waals surface area contributed by atoms with Crippen molar-refractivity contribution in [2.24, 2.45) is 0 Å². The maximum absolute atomic E-state index is 11.7. The lowest BCUT2D eigenvalue weighted by atomic mass is 10.3. The molecule has 0 atom stereocenters. The number of hydrogen-bond donors (Lipinski definition) is 1. The molecule has 0 spiro atoms. The Morgan fingerprint density at radius 1 is 1.27 bits per heavy atom. The Balaban J connectivity index is 1.69. The Hall–Kier alpha value is -0.770. The van der Waals surface area contributed by atoms with Crippen molar-refractivity contribution in [3.63, 3.8) is 0 Å². The molecule has 15 heavy (non-hydrogen) atoms. The standard InChI is InChI=1S/C11H21N3O/c1-2-5-13-6-8-14(9-7-13)11(15)12-10-3-4-10/h10H,2-9H2,1H3,(H,12,15). The van der Waals surface area contributed by atoms with Crippen LogP contribution in [0.3, 0.4) is 0 Å². The number of carbonyl (C=O) groups excluding carboxylic acids is 1. The van der Waals surface area contributed by atoms with Gasteiger partial charge in [-0.3, -0.25) is 4.90 Å².